The summed E-state index contributed by atoms with van der Waals surface area (Å²) in [5.41, 5.74) is 1.45. The Kier molecular flexibility index (Phi) is 4.22. The summed E-state index contributed by atoms with van der Waals surface area (Å²) < 4.78 is 27.5. The third-order valence-electron chi connectivity index (χ3n) is 2.84. The Labute approximate surface area is 111 Å². The van der Waals surface area contributed by atoms with Crippen molar-refractivity contribution >= 4 is 0 Å². The van der Waals surface area contributed by atoms with Crippen LogP contribution in [0.15, 0.2) is 36.7 Å². The second kappa shape index (κ2) is 5.89. The third-order valence-corrected chi connectivity index (χ3v) is 2.84. The van der Waals surface area contributed by atoms with Crippen LogP contribution in [0.1, 0.15) is 19.4 Å². The zero-order valence-electron chi connectivity index (χ0n) is 11.0. The number of halogens is 2. The average Bonchev–Trinajstić information content (AvgIpc) is 2.37. The first-order chi connectivity index (χ1) is 9.08. The smallest absolute Gasteiger partial charge is 0.149 e. The minimum atomic E-state index is -0.449. The summed E-state index contributed by atoms with van der Waals surface area (Å²) in [6, 6.07) is 6.58. The highest BCUT2D eigenvalue weighted by molar-refractivity contribution is 5.63. The van der Waals surface area contributed by atoms with Crippen molar-refractivity contribution in [2.45, 2.75) is 26.4 Å². The number of nitrogens with one attached hydrogen (secondary N) is 1. The van der Waals surface area contributed by atoms with Gasteiger partial charge in [0, 0.05) is 29.9 Å². The van der Waals surface area contributed by atoms with Crippen LogP contribution in [0.3, 0.4) is 0 Å². The SMILES string of the molecule is CC(C)NCc1ccc(-c2ccncc2F)cc1F. The Bertz CT molecular complexity index is 568. The van der Waals surface area contributed by atoms with E-state index in [2.05, 4.69) is 10.3 Å². The maximum Gasteiger partial charge on any atom is 0.149 e. The highest BCUT2D eigenvalue weighted by Crippen LogP contribution is 2.23. The van der Waals surface area contributed by atoms with Crippen LogP contribution < -0.4 is 5.32 Å². The van der Waals surface area contributed by atoms with Crippen LogP contribution >= 0.6 is 0 Å². The minimum Gasteiger partial charge on any atom is -0.310 e. The maximum absolute atomic E-state index is 13.9. The number of hydrogen-bond donors (Lipinski definition) is 1. The van der Waals surface area contributed by atoms with E-state index in [1.54, 1.807) is 12.1 Å². The average molecular weight is 262 g/mol. The molecule has 1 heterocycles. The van der Waals surface area contributed by atoms with Gasteiger partial charge < -0.3 is 5.32 Å². The summed E-state index contributed by atoms with van der Waals surface area (Å²) in [4.78, 5) is 3.68. The standard InChI is InChI=1S/C15H16F2N2/c1-10(2)19-8-12-4-3-11(7-14(12)16)13-5-6-18-9-15(13)17/h3-7,9-10,19H,8H2,1-2H3. The Morgan fingerprint density at radius 2 is 1.95 bits per heavy atom. The second-order valence-electron chi connectivity index (χ2n) is 4.70. The van der Waals surface area contributed by atoms with Crippen LogP contribution in [0, 0.1) is 11.6 Å². The summed E-state index contributed by atoms with van der Waals surface area (Å²) >= 11 is 0. The predicted octanol–water partition coefficient (Wildman–Crippen LogP) is 3.52. The molecule has 0 radical (unpaired) electrons. The van der Waals surface area contributed by atoms with E-state index >= 15 is 0 Å². The molecule has 0 spiro atoms. The van der Waals surface area contributed by atoms with Gasteiger partial charge in [-0.25, -0.2) is 8.78 Å². The summed E-state index contributed by atoms with van der Waals surface area (Å²) in [6.07, 6.45) is 2.62. The number of nitrogens with zero attached hydrogens (tertiary/aromatic N) is 1. The van der Waals surface area contributed by atoms with Crippen molar-refractivity contribution in [2.75, 3.05) is 0 Å². The van der Waals surface area contributed by atoms with Gasteiger partial charge in [-0.1, -0.05) is 26.0 Å². The fourth-order valence-corrected chi connectivity index (χ4v) is 1.78. The van der Waals surface area contributed by atoms with Gasteiger partial charge in [0.15, 0.2) is 0 Å². The van der Waals surface area contributed by atoms with Crippen molar-refractivity contribution in [1.82, 2.24) is 10.3 Å². The van der Waals surface area contributed by atoms with Crippen LogP contribution in [-0.2, 0) is 6.54 Å². The van der Waals surface area contributed by atoms with Crippen molar-refractivity contribution in [3.8, 4) is 11.1 Å². The molecule has 100 valence electrons. The van der Waals surface area contributed by atoms with E-state index in [9.17, 15) is 8.78 Å². The Hall–Kier alpha value is -1.81. The molecule has 0 fully saturated rings. The quantitative estimate of drug-likeness (QED) is 0.911. The molecule has 0 bridgehead atoms. The fraction of sp³-hybridized carbons (Fsp3) is 0.267. The van der Waals surface area contributed by atoms with Crippen molar-refractivity contribution in [3.63, 3.8) is 0 Å². The summed E-state index contributed by atoms with van der Waals surface area (Å²) in [5, 5.41) is 3.15. The van der Waals surface area contributed by atoms with Crippen LogP contribution in [0.25, 0.3) is 11.1 Å². The fourth-order valence-electron chi connectivity index (χ4n) is 1.78. The van der Waals surface area contributed by atoms with E-state index in [0.29, 0.717) is 23.2 Å². The van der Waals surface area contributed by atoms with Crippen molar-refractivity contribution < 1.29 is 8.78 Å². The highest BCUT2D eigenvalue weighted by atomic mass is 19.1. The molecular formula is C15H16F2N2. The summed E-state index contributed by atoms with van der Waals surface area (Å²) in [7, 11) is 0. The molecule has 0 unspecified atom stereocenters. The molecular weight excluding hydrogens is 246 g/mol. The zero-order chi connectivity index (χ0) is 13.8. The van der Waals surface area contributed by atoms with Gasteiger partial charge in [0.1, 0.15) is 11.6 Å². The molecule has 2 nitrogen and oxygen atoms in total. The first-order valence-corrected chi connectivity index (χ1v) is 6.19. The lowest BCUT2D eigenvalue weighted by Crippen LogP contribution is -2.22. The van der Waals surface area contributed by atoms with E-state index in [0.717, 1.165) is 6.20 Å². The Morgan fingerprint density at radius 1 is 1.16 bits per heavy atom. The van der Waals surface area contributed by atoms with Gasteiger partial charge in [-0.2, -0.15) is 0 Å². The lowest BCUT2D eigenvalue weighted by Gasteiger charge is -2.10. The van der Waals surface area contributed by atoms with Crippen molar-refractivity contribution in [1.29, 1.82) is 0 Å². The van der Waals surface area contributed by atoms with Crippen LogP contribution in [0.4, 0.5) is 8.78 Å². The van der Waals surface area contributed by atoms with E-state index in [1.807, 2.05) is 13.8 Å². The normalized spacial score (nSPS) is 11.0. The lowest BCUT2D eigenvalue weighted by molar-refractivity contribution is 0.553. The molecule has 0 saturated carbocycles. The molecule has 2 rings (SSSR count). The minimum absolute atomic E-state index is 0.289. The molecule has 1 aromatic carbocycles. The van der Waals surface area contributed by atoms with Crippen LogP contribution in [0.2, 0.25) is 0 Å². The summed E-state index contributed by atoms with van der Waals surface area (Å²) in [5.74, 6) is -0.781. The topological polar surface area (TPSA) is 24.9 Å². The van der Waals surface area contributed by atoms with Gasteiger partial charge in [0.25, 0.3) is 0 Å². The van der Waals surface area contributed by atoms with Crippen LogP contribution in [0.5, 0.6) is 0 Å². The zero-order valence-corrected chi connectivity index (χ0v) is 11.0. The molecule has 2 aromatic rings. The first-order valence-electron chi connectivity index (χ1n) is 6.19. The molecule has 19 heavy (non-hydrogen) atoms. The van der Waals surface area contributed by atoms with Gasteiger partial charge in [-0.3, -0.25) is 4.98 Å². The molecule has 0 aliphatic rings. The number of hydrogen-bond acceptors (Lipinski definition) is 2. The van der Waals surface area contributed by atoms with Gasteiger partial charge in [0.2, 0.25) is 0 Å². The molecule has 0 saturated heterocycles. The molecule has 0 amide bonds. The second-order valence-corrected chi connectivity index (χ2v) is 4.70. The highest BCUT2D eigenvalue weighted by Gasteiger charge is 2.08. The monoisotopic (exact) mass is 262 g/mol. The van der Waals surface area contributed by atoms with Gasteiger partial charge in [-0.05, 0) is 17.7 Å². The maximum atomic E-state index is 13.9. The number of rotatable bonds is 4. The Balaban J connectivity index is 2.26. The van der Waals surface area contributed by atoms with E-state index < -0.39 is 5.82 Å². The molecule has 4 heteroatoms. The van der Waals surface area contributed by atoms with Crippen molar-refractivity contribution in [3.05, 3.63) is 53.9 Å². The van der Waals surface area contributed by atoms with Crippen molar-refractivity contribution in [2.24, 2.45) is 0 Å². The molecule has 0 aliphatic carbocycles. The molecule has 0 atom stereocenters. The van der Waals surface area contributed by atoms with Gasteiger partial charge in [0.05, 0.1) is 6.20 Å². The number of pyridine rings is 1. The van der Waals surface area contributed by atoms with E-state index in [4.69, 9.17) is 0 Å². The lowest BCUT2D eigenvalue weighted by atomic mass is 10.0. The molecule has 1 N–H and O–H groups in total. The van der Waals surface area contributed by atoms with Gasteiger partial charge in [-0.15, -0.1) is 0 Å². The van der Waals surface area contributed by atoms with Gasteiger partial charge >= 0.3 is 0 Å². The molecule has 0 aliphatic heterocycles. The van der Waals surface area contributed by atoms with E-state index in [-0.39, 0.29) is 11.9 Å². The Morgan fingerprint density at radius 3 is 2.58 bits per heavy atom. The number of aromatic nitrogens is 1. The largest absolute Gasteiger partial charge is 0.310 e. The predicted molar refractivity (Wildman–Crippen MR) is 71.6 cm³/mol. The third kappa shape index (κ3) is 3.35. The van der Waals surface area contributed by atoms with Crippen LogP contribution in [-0.4, -0.2) is 11.0 Å². The summed E-state index contributed by atoms with van der Waals surface area (Å²) in [6.45, 7) is 4.46. The molecule has 1 aromatic heterocycles. The first kappa shape index (κ1) is 13.6. The van der Waals surface area contributed by atoms with E-state index in [1.165, 1.54) is 18.3 Å². The number of benzene rings is 1.